The van der Waals surface area contributed by atoms with Crippen LogP contribution < -0.4 is 4.74 Å². The SMILES string of the molecule is CCCCc1cnc(-c2ccc(OC)cc2)c(-c2ccc(C(=O)OC)c(C)c2)c1. The minimum atomic E-state index is -0.320. The zero-order chi connectivity index (χ0) is 20.8. The summed E-state index contributed by atoms with van der Waals surface area (Å²) in [5, 5.41) is 0. The summed E-state index contributed by atoms with van der Waals surface area (Å²) in [4.78, 5) is 16.8. The summed E-state index contributed by atoms with van der Waals surface area (Å²) in [5.74, 6) is 0.493. The van der Waals surface area contributed by atoms with Gasteiger partial charge in [0.15, 0.2) is 0 Å². The molecule has 0 N–H and O–H groups in total. The van der Waals surface area contributed by atoms with Gasteiger partial charge in [0, 0.05) is 17.3 Å². The molecule has 1 aromatic heterocycles. The van der Waals surface area contributed by atoms with E-state index in [4.69, 9.17) is 14.5 Å². The zero-order valence-electron chi connectivity index (χ0n) is 17.5. The average molecular weight is 389 g/mol. The minimum absolute atomic E-state index is 0.320. The van der Waals surface area contributed by atoms with Crippen molar-refractivity contribution in [3.63, 3.8) is 0 Å². The lowest BCUT2D eigenvalue weighted by Crippen LogP contribution is -2.04. The molecule has 0 amide bonds. The maximum absolute atomic E-state index is 12.0. The van der Waals surface area contributed by atoms with E-state index in [0.717, 1.165) is 53.0 Å². The lowest BCUT2D eigenvalue weighted by atomic mass is 9.94. The Morgan fingerprint density at radius 3 is 2.34 bits per heavy atom. The van der Waals surface area contributed by atoms with Crippen LogP contribution in [0.3, 0.4) is 0 Å². The molecule has 4 nitrogen and oxygen atoms in total. The minimum Gasteiger partial charge on any atom is -0.497 e. The normalized spacial score (nSPS) is 10.6. The molecule has 0 saturated carbocycles. The van der Waals surface area contributed by atoms with Gasteiger partial charge in [-0.05, 0) is 72.9 Å². The third kappa shape index (κ3) is 4.65. The van der Waals surface area contributed by atoms with Gasteiger partial charge < -0.3 is 9.47 Å². The highest BCUT2D eigenvalue weighted by Gasteiger charge is 2.14. The molecule has 3 rings (SSSR count). The largest absolute Gasteiger partial charge is 0.497 e. The van der Waals surface area contributed by atoms with E-state index in [1.165, 1.54) is 12.7 Å². The summed E-state index contributed by atoms with van der Waals surface area (Å²) in [7, 11) is 3.06. The van der Waals surface area contributed by atoms with Crippen molar-refractivity contribution in [2.24, 2.45) is 0 Å². The molecule has 0 unspecified atom stereocenters. The molecular formula is C25H27NO3. The first kappa shape index (κ1) is 20.6. The molecule has 1 heterocycles. The summed E-state index contributed by atoms with van der Waals surface area (Å²) in [6.07, 6.45) is 5.23. The number of pyridine rings is 1. The molecule has 0 aliphatic carbocycles. The van der Waals surface area contributed by atoms with E-state index in [0.29, 0.717) is 5.56 Å². The summed E-state index contributed by atoms with van der Waals surface area (Å²) < 4.78 is 10.2. The summed E-state index contributed by atoms with van der Waals surface area (Å²) in [5.41, 5.74) is 6.71. The second-order valence-corrected chi connectivity index (χ2v) is 7.09. The van der Waals surface area contributed by atoms with Crippen molar-refractivity contribution in [1.82, 2.24) is 4.98 Å². The van der Waals surface area contributed by atoms with Gasteiger partial charge in [-0.25, -0.2) is 4.79 Å². The number of nitrogens with zero attached hydrogens (tertiary/aromatic N) is 1. The molecule has 0 aliphatic heterocycles. The molecule has 0 atom stereocenters. The number of esters is 1. The number of rotatable bonds is 7. The van der Waals surface area contributed by atoms with Gasteiger partial charge in [0.05, 0.1) is 25.5 Å². The van der Waals surface area contributed by atoms with Crippen LogP contribution in [0.1, 0.15) is 41.3 Å². The monoisotopic (exact) mass is 389 g/mol. The van der Waals surface area contributed by atoms with E-state index in [1.54, 1.807) is 7.11 Å². The molecule has 0 aliphatic rings. The van der Waals surface area contributed by atoms with Crippen LogP contribution in [0.2, 0.25) is 0 Å². The number of aryl methyl sites for hydroxylation is 2. The quantitative estimate of drug-likeness (QED) is 0.475. The van der Waals surface area contributed by atoms with Gasteiger partial charge in [-0.15, -0.1) is 0 Å². The molecule has 4 heteroatoms. The lowest BCUT2D eigenvalue weighted by Gasteiger charge is -2.14. The molecule has 0 radical (unpaired) electrons. The predicted molar refractivity (Wildman–Crippen MR) is 116 cm³/mol. The highest BCUT2D eigenvalue weighted by atomic mass is 16.5. The third-order valence-electron chi connectivity index (χ3n) is 5.07. The van der Waals surface area contributed by atoms with Gasteiger partial charge in [0.1, 0.15) is 5.75 Å². The number of aromatic nitrogens is 1. The van der Waals surface area contributed by atoms with Gasteiger partial charge in [-0.2, -0.15) is 0 Å². The molecule has 0 spiro atoms. The summed E-state index contributed by atoms with van der Waals surface area (Å²) in [6, 6.07) is 16.0. The number of benzene rings is 2. The van der Waals surface area contributed by atoms with E-state index < -0.39 is 0 Å². The van der Waals surface area contributed by atoms with Gasteiger partial charge >= 0.3 is 5.97 Å². The van der Waals surface area contributed by atoms with E-state index in [9.17, 15) is 4.79 Å². The molecule has 3 aromatic rings. The zero-order valence-corrected chi connectivity index (χ0v) is 17.5. The van der Waals surface area contributed by atoms with Crippen molar-refractivity contribution in [1.29, 1.82) is 0 Å². The Bertz CT molecular complexity index is 993. The van der Waals surface area contributed by atoms with Crippen molar-refractivity contribution in [2.45, 2.75) is 33.1 Å². The van der Waals surface area contributed by atoms with Crippen LogP contribution in [-0.2, 0) is 11.2 Å². The number of ether oxygens (including phenoxy) is 2. The molecule has 29 heavy (non-hydrogen) atoms. The molecular weight excluding hydrogens is 362 g/mol. The number of methoxy groups -OCH3 is 2. The fourth-order valence-electron chi connectivity index (χ4n) is 3.39. The van der Waals surface area contributed by atoms with Crippen LogP contribution in [0.5, 0.6) is 5.75 Å². The summed E-state index contributed by atoms with van der Waals surface area (Å²) in [6.45, 7) is 4.12. The molecule has 2 aromatic carbocycles. The highest BCUT2D eigenvalue weighted by molar-refractivity contribution is 5.92. The van der Waals surface area contributed by atoms with Crippen LogP contribution in [0.15, 0.2) is 54.7 Å². The third-order valence-corrected chi connectivity index (χ3v) is 5.07. The Morgan fingerprint density at radius 1 is 1.00 bits per heavy atom. The maximum Gasteiger partial charge on any atom is 0.338 e. The molecule has 0 bridgehead atoms. The average Bonchev–Trinajstić information content (AvgIpc) is 2.77. The van der Waals surface area contributed by atoms with Crippen LogP contribution in [0.4, 0.5) is 0 Å². The lowest BCUT2D eigenvalue weighted by molar-refractivity contribution is 0.0600. The first-order valence-electron chi connectivity index (χ1n) is 9.90. The number of carbonyl (C=O) groups excluding carboxylic acids is 1. The van der Waals surface area contributed by atoms with E-state index in [-0.39, 0.29) is 5.97 Å². The summed E-state index contributed by atoms with van der Waals surface area (Å²) >= 11 is 0. The van der Waals surface area contributed by atoms with E-state index in [2.05, 4.69) is 13.0 Å². The second kappa shape index (κ2) is 9.37. The van der Waals surface area contributed by atoms with E-state index in [1.807, 2.05) is 55.6 Å². The fraction of sp³-hybridized carbons (Fsp3) is 0.280. The topological polar surface area (TPSA) is 48.4 Å². The molecule has 150 valence electrons. The van der Waals surface area contributed by atoms with Crippen molar-refractivity contribution >= 4 is 5.97 Å². The Labute approximate surface area is 172 Å². The number of unbranched alkanes of at least 4 members (excludes halogenated alkanes) is 1. The second-order valence-electron chi connectivity index (χ2n) is 7.09. The Balaban J connectivity index is 2.10. The fourth-order valence-corrected chi connectivity index (χ4v) is 3.39. The Kier molecular flexibility index (Phi) is 6.65. The van der Waals surface area contributed by atoms with Crippen LogP contribution in [0.25, 0.3) is 22.4 Å². The first-order valence-corrected chi connectivity index (χ1v) is 9.90. The van der Waals surface area contributed by atoms with Crippen molar-refractivity contribution in [3.8, 4) is 28.1 Å². The van der Waals surface area contributed by atoms with Gasteiger partial charge in [-0.3, -0.25) is 4.98 Å². The maximum atomic E-state index is 12.0. The van der Waals surface area contributed by atoms with Gasteiger partial charge in [-0.1, -0.05) is 25.5 Å². The molecule has 0 fully saturated rings. The standard InChI is InChI=1S/C25H27NO3/c1-5-6-7-18-15-23(20-10-13-22(17(2)14-20)25(27)29-4)24(26-16-18)19-8-11-21(28-3)12-9-19/h8-16H,5-7H2,1-4H3. The smallest absolute Gasteiger partial charge is 0.338 e. The Morgan fingerprint density at radius 2 is 1.72 bits per heavy atom. The highest BCUT2D eigenvalue weighted by Crippen LogP contribution is 2.33. The first-order chi connectivity index (χ1) is 14.1. The van der Waals surface area contributed by atoms with Crippen molar-refractivity contribution in [2.75, 3.05) is 14.2 Å². The Hall–Kier alpha value is -3.14. The van der Waals surface area contributed by atoms with Crippen molar-refractivity contribution < 1.29 is 14.3 Å². The van der Waals surface area contributed by atoms with Crippen LogP contribution in [0, 0.1) is 6.92 Å². The van der Waals surface area contributed by atoms with Crippen LogP contribution >= 0.6 is 0 Å². The molecule has 0 saturated heterocycles. The van der Waals surface area contributed by atoms with Gasteiger partial charge in [0.2, 0.25) is 0 Å². The number of hydrogen-bond acceptors (Lipinski definition) is 4. The van der Waals surface area contributed by atoms with Crippen molar-refractivity contribution in [3.05, 3.63) is 71.4 Å². The number of hydrogen-bond donors (Lipinski definition) is 0. The van der Waals surface area contributed by atoms with Gasteiger partial charge in [0.25, 0.3) is 0 Å². The van der Waals surface area contributed by atoms with Crippen LogP contribution in [-0.4, -0.2) is 25.2 Å². The van der Waals surface area contributed by atoms with E-state index >= 15 is 0 Å². The number of carbonyl (C=O) groups is 1. The predicted octanol–water partition coefficient (Wildman–Crippen LogP) is 5.86.